The van der Waals surface area contributed by atoms with Crippen LogP contribution in [0.4, 0.5) is 11.4 Å². The standard InChI is InChI=1S/C23H25N3O6/c1-3-32-19-7-5-4-6-18(19)26-14-16(12-20(26)27)23(30)25-17-10-8-15(9-11-17)22(29)24-13-21(28)31-2/h4-11,16H,3,12-14H2,1-2H3,(H,24,29)(H,25,30). The molecule has 1 atom stereocenters. The third-order valence-electron chi connectivity index (χ3n) is 4.99. The molecule has 1 saturated heterocycles. The minimum absolute atomic E-state index is 0.0975. The van der Waals surface area contributed by atoms with E-state index < -0.39 is 17.8 Å². The van der Waals surface area contributed by atoms with Crippen molar-refractivity contribution in [2.45, 2.75) is 13.3 Å². The number of rotatable bonds is 8. The zero-order valence-corrected chi connectivity index (χ0v) is 17.9. The van der Waals surface area contributed by atoms with Gasteiger partial charge in [0.1, 0.15) is 12.3 Å². The fraction of sp³-hybridized carbons (Fsp3) is 0.304. The van der Waals surface area contributed by atoms with Crippen LogP contribution in [0.2, 0.25) is 0 Å². The molecule has 0 spiro atoms. The Morgan fingerprint density at radius 2 is 1.81 bits per heavy atom. The molecule has 32 heavy (non-hydrogen) atoms. The van der Waals surface area contributed by atoms with E-state index in [1.54, 1.807) is 29.2 Å². The Bertz CT molecular complexity index is 1010. The van der Waals surface area contributed by atoms with Gasteiger partial charge in [0.25, 0.3) is 5.91 Å². The number of hydrogen-bond acceptors (Lipinski definition) is 6. The predicted octanol–water partition coefficient (Wildman–Crippen LogP) is 1.98. The van der Waals surface area contributed by atoms with Crippen molar-refractivity contribution in [3.05, 3.63) is 54.1 Å². The van der Waals surface area contributed by atoms with Gasteiger partial charge in [0.2, 0.25) is 11.8 Å². The number of carbonyl (C=O) groups excluding carboxylic acids is 4. The van der Waals surface area contributed by atoms with Crippen LogP contribution in [0.1, 0.15) is 23.7 Å². The highest BCUT2D eigenvalue weighted by Gasteiger charge is 2.36. The van der Waals surface area contributed by atoms with Crippen molar-refractivity contribution >= 4 is 35.1 Å². The SMILES string of the molecule is CCOc1ccccc1N1CC(C(=O)Nc2ccc(C(=O)NCC(=O)OC)cc2)CC1=O. The highest BCUT2D eigenvalue weighted by Crippen LogP contribution is 2.33. The number of benzene rings is 2. The lowest BCUT2D eigenvalue weighted by Crippen LogP contribution is -2.30. The zero-order chi connectivity index (χ0) is 23.1. The molecule has 9 heteroatoms. The van der Waals surface area contributed by atoms with Crippen molar-refractivity contribution in [2.24, 2.45) is 5.92 Å². The minimum Gasteiger partial charge on any atom is -0.492 e. The molecule has 9 nitrogen and oxygen atoms in total. The van der Waals surface area contributed by atoms with Gasteiger partial charge < -0.3 is 25.0 Å². The number of methoxy groups -OCH3 is 1. The van der Waals surface area contributed by atoms with Crippen molar-refractivity contribution in [1.82, 2.24) is 5.32 Å². The molecule has 1 unspecified atom stereocenters. The third kappa shape index (κ3) is 5.42. The maximum atomic E-state index is 12.7. The summed E-state index contributed by atoms with van der Waals surface area (Å²) in [6.07, 6.45) is 0.0975. The summed E-state index contributed by atoms with van der Waals surface area (Å²) in [5, 5.41) is 5.23. The lowest BCUT2D eigenvalue weighted by molar-refractivity contribution is -0.139. The van der Waals surface area contributed by atoms with Gasteiger partial charge in [-0.2, -0.15) is 0 Å². The maximum Gasteiger partial charge on any atom is 0.325 e. The van der Waals surface area contributed by atoms with Crippen LogP contribution in [0.5, 0.6) is 5.75 Å². The van der Waals surface area contributed by atoms with Crippen molar-refractivity contribution in [3.8, 4) is 5.75 Å². The second kappa shape index (κ2) is 10.4. The molecular formula is C23H25N3O6. The topological polar surface area (TPSA) is 114 Å². The van der Waals surface area contributed by atoms with E-state index >= 15 is 0 Å². The van der Waals surface area contributed by atoms with E-state index in [1.807, 2.05) is 19.1 Å². The molecule has 0 aromatic heterocycles. The average molecular weight is 439 g/mol. The summed E-state index contributed by atoms with van der Waals surface area (Å²) in [4.78, 5) is 50.0. The Balaban J connectivity index is 1.60. The Morgan fingerprint density at radius 3 is 2.50 bits per heavy atom. The highest BCUT2D eigenvalue weighted by molar-refractivity contribution is 6.04. The van der Waals surface area contributed by atoms with Crippen LogP contribution in [0.3, 0.4) is 0 Å². The summed E-state index contributed by atoms with van der Waals surface area (Å²) >= 11 is 0. The van der Waals surface area contributed by atoms with Crippen LogP contribution in [-0.4, -0.2) is 50.5 Å². The van der Waals surface area contributed by atoms with Gasteiger partial charge in [0.05, 0.1) is 25.3 Å². The number of hydrogen-bond donors (Lipinski definition) is 2. The zero-order valence-electron chi connectivity index (χ0n) is 17.9. The summed E-state index contributed by atoms with van der Waals surface area (Å²) in [5.41, 5.74) is 1.48. The molecule has 2 aromatic rings. The lowest BCUT2D eigenvalue weighted by atomic mass is 10.1. The van der Waals surface area contributed by atoms with E-state index in [0.717, 1.165) is 0 Å². The summed E-state index contributed by atoms with van der Waals surface area (Å²) < 4.78 is 10.1. The predicted molar refractivity (Wildman–Crippen MR) is 117 cm³/mol. The molecule has 1 aliphatic heterocycles. The van der Waals surface area contributed by atoms with Crippen LogP contribution in [0, 0.1) is 5.92 Å². The Labute approximate surface area is 185 Å². The Hall–Kier alpha value is -3.88. The second-order valence-electron chi connectivity index (χ2n) is 7.13. The normalized spacial score (nSPS) is 15.2. The van der Waals surface area contributed by atoms with Crippen molar-refractivity contribution in [2.75, 3.05) is 37.0 Å². The van der Waals surface area contributed by atoms with Gasteiger partial charge in [-0.1, -0.05) is 12.1 Å². The number of nitrogens with one attached hydrogen (secondary N) is 2. The van der Waals surface area contributed by atoms with Crippen LogP contribution < -0.4 is 20.3 Å². The highest BCUT2D eigenvalue weighted by atomic mass is 16.5. The van der Waals surface area contributed by atoms with Gasteiger partial charge >= 0.3 is 5.97 Å². The summed E-state index contributed by atoms with van der Waals surface area (Å²) in [6, 6.07) is 13.5. The molecule has 0 radical (unpaired) electrons. The van der Waals surface area contributed by atoms with Gasteiger partial charge in [0.15, 0.2) is 0 Å². The maximum absolute atomic E-state index is 12.7. The molecule has 2 aromatic carbocycles. The van der Waals surface area contributed by atoms with Gasteiger partial charge in [-0.3, -0.25) is 19.2 Å². The van der Waals surface area contributed by atoms with Crippen molar-refractivity contribution in [3.63, 3.8) is 0 Å². The largest absolute Gasteiger partial charge is 0.492 e. The van der Waals surface area contributed by atoms with Crippen molar-refractivity contribution in [1.29, 1.82) is 0 Å². The number of amides is 3. The Kier molecular flexibility index (Phi) is 7.43. The molecule has 2 N–H and O–H groups in total. The first kappa shape index (κ1) is 22.8. The molecule has 1 heterocycles. The smallest absolute Gasteiger partial charge is 0.325 e. The van der Waals surface area contributed by atoms with E-state index in [9.17, 15) is 19.2 Å². The van der Waals surface area contributed by atoms with Gasteiger partial charge in [-0.25, -0.2) is 0 Å². The first-order chi connectivity index (χ1) is 15.4. The lowest BCUT2D eigenvalue weighted by Gasteiger charge is -2.20. The molecule has 0 bridgehead atoms. The van der Waals surface area contributed by atoms with E-state index in [2.05, 4.69) is 15.4 Å². The molecule has 0 saturated carbocycles. The molecule has 3 amide bonds. The fourth-order valence-electron chi connectivity index (χ4n) is 3.35. The molecule has 1 aliphatic rings. The van der Waals surface area contributed by atoms with Crippen LogP contribution in [-0.2, 0) is 19.1 Å². The van der Waals surface area contributed by atoms with Gasteiger partial charge in [0, 0.05) is 24.2 Å². The van der Waals surface area contributed by atoms with Gasteiger partial charge in [-0.15, -0.1) is 0 Å². The number of nitrogens with zero attached hydrogens (tertiary/aromatic N) is 1. The van der Waals surface area contributed by atoms with E-state index in [-0.39, 0.29) is 31.3 Å². The quantitative estimate of drug-likeness (QED) is 0.608. The third-order valence-corrected chi connectivity index (χ3v) is 4.99. The van der Waals surface area contributed by atoms with Crippen molar-refractivity contribution < 1.29 is 28.7 Å². The van der Waals surface area contributed by atoms with E-state index in [0.29, 0.717) is 29.3 Å². The number of carbonyl (C=O) groups is 4. The van der Waals surface area contributed by atoms with Crippen LogP contribution in [0.15, 0.2) is 48.5 Å². The first-order valence-electron chi connectivity index (χ1n) is 10.2. The fourth-order valence-corrected chi connectivity index (χ4v) is 3.35. The second-order valence-corrected chi connectivity index (χ2v) is 7.13. The number of esters is 1. The Morgan fingerprint density at radius 1 is 1.09 bits per heavy atom. The van der Waals surface area contributed by atoms with E-state index in [1.165, 1.54) is 19.2 Å². The molecular weight excluding hydrogens is 414 g/mol. The van der Waals surface area contributed by atoms with Gasteiger partial charge in [-0.05, 0) is 43.3 Å². The van der Waals surface area contributed by atoms with Crippen LogP contribution in [0.25, 0.3) is 0 Å². The minimum atomic E-state index is -0.550. The molecule has 1 fully saturated rings. The van der Waals surface area contributed by atoms with E-state index in [4.69, 9.17) is 4.74 Å². The number of anilines is 2. The number of para-hydroxylation sites is 2. The molecule has 168 valence electrons. The summed E-state index contributed by atoms with van der Waals surface area (Å²) in [6.45, 7) is 2.36. The average Bonchev–Trinajstić information content (AvgIpc) is 3.20. The summed E-state index contributed by atoms with van der Waals surface area (Å²) in [7, 11) is 1.24. The molecule has 0 aliphatic carbocycles. The number of ether oxygens (including phenoxy) is 2. The summed E-state index contributed by atoms with van der Waals surface area (Å²) in [5.74, 6) is -1.32. The first-order valence-corrected chi connectivity index (χ1v) is 10.2. The van der Waals surface area contributed by atoms with Crippen LogP contribution >= 0.6 is 0 Å². The molecule has 3 rings (SSSR count). The monoisotopic (exact) mass is 439 g/mol.